The van der Waals surface area contributed by atoms with Crippen LogP contribution in [0.3, 0.4) is 0 Å². The third-order valence-corrected chi connectivity index (χ3v) is 2.77. The van der Waals surface area contributed by atoms with Crippen molar-refractivity contribution in [2.24, 2.45) is 11.8 Å². The van der Waals surface area contributed by atoms with Crippen LogP contribution in [0.15, 0.2) is 24.3 Å². The number of ether oxygens (including phenoxy) is 2. The van der Waals surface area contributed by atoms with E-state index in [0.717, 1.165) is 12.5 Å². The molecule has 0 unspecified atom stereocenters. The van der Waals surface area contributed by atoms with E-state index in [-0.39, 0.29) is 5.91 Å². The molecule has 0 radical (unpaired) electrons. The summed E-state index contributed by atoms with van der Waals surface area (Å²) in [5.74, 6) is 6.15. The lowest BCUT2D eigenvalue weighted by Gasteiger charge is -2.08. The molecule has 1 saturated carbocycles. The maximum Gasteiger partial charge on any atom is 0.265 e. The Labute approximate surface area is 106 Å². The molecule has 3 N–H and O–H groups in total. The van der Waals surface area contributed by atoms with Crippen LogP contribution in [-0.2, 0) is 4.74 Å². The molecule has 1 aliphatic rings. The van der Waals surface area contributed by atoms with Crippen molar-refractivity contribution in [2.45, 2.75) is 12.8 Å². The lowest BCUT2D eigenvalue weighted by atomic mass is 10.2. The number of hydrogen-bond donors (Lipinski definition) is 2. The minimum atomic E-state index is -0.328. The Morgan fingerprint density at radius 2 is 2.22 bits per heavy atom. The smallest absolute Gasteiger partial charge is 0.265 e. The van der Waals surface area contributed by atoms with Gasteiger partial charge in [-0.25, -0.2) is 5.84 Å². The van der Waals surface area contributed by atoms with E-state index in [9.17, 15) is 4.79 Å². The molecule has 5 nitrogen and oxygen atoms in total. The fourth-order valence-corrected chi connectivity index (χ4v) is 1.56. The van der Waals surface area contributed by atoms with Crippen LogP contribution in [0.1, 0.15) is 23.2 Å². The van der Waals surface area contributed by atoms with Crippen molar-refractivity contribution in [1.29, 1.82) is 0 Å². The highest BCUT2D eigenvalue weighted by Gasteiger charge is 2.20. The number of carbonyl (C=O) groups excluding carboxylic acids is 1. The standard InChI is InChI=1S/C13H18N2O3/c14-15-13(16)11-2-1-3-12(8-11)18-7-6-17-9-10-4-5-10/h1-3,8,10H,4-7,9,14H2,(H,15,16). The molecular formula is C13H18N2O3. The molecule has 2 rings (SSSR count). The van der Waals surface area contributed by atoms with Crippen LogP contribution in [0.5, 0.6) is 5.75 Å². The third kappa shape index (κ3) is 4.01. The van der Waals surface area contributed by atoms with Gasteiger partial charge in [-0.1, -0.05) is 6.07 Å². The number of nitrogens with one attached hydrogen (secondary N) is 1. The van der Waals surface area contributed by atoms with Crippen molar-refractivity contribution in [1.82, 2.24) is 5.43 Å². The molecular weight excluding hydrogens is 232 g/mol. The molecule has 0 bridgehead atoms. The Bertz CT molecular complexity index is 405. The molecule has 0 atom stereocenters. The van der Waals surface area contributed by atoms with Crippen molar-refractivity contribution < 1.29 is 14.3 Å². The summed E-state index contributed by atoms with van der Waals surface area (Å²) in [5.41, 5.74) is 2.57. The first-order valence-corrected chi connectivity index (χ1v) is 6.11. The SMILES string of the molecule is NNC(=O)c1cccc(OCCOCC2CC2)c1. The van der Waals surface area contributed by atoms with Crippen LogP contribution in [0.4, 0.5) is 0 Å². The molecule has 0 heterocycles. The molecule has 18 heavy (non-hydrogen) atoms. The second-order valence-electron chi connectivity index (χ2n) is 4.37. The molecule has 0 aromatic heterocycles. The number of amides is 1. The molecule has 98 valence electrons. The molecule has 0 saturated heterocycles. The second-order valence-corrected chi connectivity index (χ2v) is 4.37. The van der Waals surface area contributed by atoms with E-state index in [2.05, 4.69) is 5.43 Å². The van der Waals surface area contributed by atoms with Crippen LogP contribution >= 0.6 is 0 Å². The Kier molecular flexibility index (Phi) is 4.55. The van der Waals surface area contributed by atoms with E-state index in [0.29, 0.717) is 24.5 Å². The summed E-state index contributed by atoms with van der Waals surface area (Å²) in [6.45, 7) is 1.89. The average Bonchev–Trinajstić information content (AvgIpc) is 3.22. The van der Waals surface area contributed by atoms with Gasteiger partial charge < -0.3 is 9.47 Å². The molecule has 5 heteroatoms. The number of carbonyl (C=O) groups is 1. The maximum absolute atomic E-state index is 11.3. The first kappa shape index (κ1) is 12.9. The quantitative estimate of drug-likeness (QED) is 0.329. The van der Waals surface area contributed by atoms with Gasteiger partial charge in [0.2, 0.25) is 0 Å². The van der Waals surface area contributed by atoms with Gasteiger partial charge in [-0.05, 0) is 37.0 Å². The number of rotatable bonds is 7. The van der Waals surface area contributed by atoms with Crippen LogP contribution in [0, 0.1) is 5.92 Å². The third-order valence-electron chi connectivity index (χ3n) is 2.77. The predicted molar refractivity (Wildman–Crippen MR) is 67.1 cm³/mol. The number of hydrogen-bond acceptors (Lipinski definition) is 4. The molecule has 1 aliphatic carbocycles. The zero-order valence-corrected chi connectivity index (χ0v) is 10.2. The van der Waals surface area contributed by atoms with Crippen molar-refractivity contribution in [3.05, 3.63) is 29.8 Å². The highest BCUT2D eigenvalue weighted by Crippen LogP contribution is 2.28. The highest BCUT2D eigenvalue weighted by molar-refractivity contribution is 5.94. The molecule has 0 aliphatic heterocycles. The number of hydrazine groups is 1. The monoisotopic (exact) mass is 250 g/mol. The number of benzene rings is 1. The summed E-state index contributed by atoms with van der Waals surface area (Å²) >= 11 is 0. The Balaban J connectivity index is 1.72. The van der Waals surface area contributed by atoms with E-state index < -0.39 is 0 Å². The van der Waals surface area contributed by atoms with Gasteiger partial charge >= 0.3 is 0 Å². The topological polar surface area (TPSA) is 73.6 Å². The van der Waals surface area contributed by atoms with Crippen molar-refractivity contribution in [3.63, 3.8) is 0 Å². The molecule has 1 aromatic rings. The largest absolute Gasteiger partial charge is 0.491 e. The minimum Gasteiger partial charge on any atom is -0.491 e. The Morgan fingerprint density at radius 3 is 2.94 bits per heavy atom. The van der Waals surface area contributed by atoms with Gasteiger partial charge in [-0.2, -0.15) is 0 Å². The van der Waals surface area contributed by atoms with Crippen LogP contribution < -0.4 is 16.0 Å². The first-order valence-electron chi connectivity index (χ1n) is 6.11. The molecule has 1 amide bonds. The average molecular weight is 250 g/mol. The lowest BCUT2D eigenvalue weighted by molar-refractivity contribution is 0.0922. The van der Waals surface area contributed by atoms with Gasteiger partial charge in [0.25, 0.3) is 5.91 Å². The van der Waals surface area contributed by atoms with Crippen LogP contribution in [0.25, 0.3) is 0 Å². The van der Waals surface area contributed by atoms with Gasteiger partial charge in [0.1, 0.15) is 12.4 Å². The van der Waals surface area contributed by atoms with Gasteiger partial charge in [0.15, 0.2) is 0 Å². The summed E-state index contributed by atoms with van der Waals surface area (Å²) in [7, 11) is 0. The van der Waals surface area contributed by atoms with E-state index >= 15 is 0 Å². The summed E-state index contributed by atoms with van der Waals surface area (Å²) < 4.78 is 11.0. The van der Waals surface area contributed by atoms with Crippen molar-refractivity contribution >= 4 is 5.91 Å². The number of nitrogens with two attached hydrogens (primary N) is 1. The zero-order valence-electron chi connectivity index (χ0n) is 10.2. The van der Waals surface area contributed by atoms with Crippen molar-refractivity contribution in [3.8, 4) is 5.75 Å². The summed E-state index contributed by atoms with van der Waals surface area (Å²) in [5, 5.41) is 0. The van der Waals surface area contributed by atoms with Crippen LogP contribution in [-0.4, -0.2) is 25.7 Å². The Hall–Kier alpha value is -1.59. The lowest BCUT2D eigenvalue weighted by Crippen LogP contribution is -2.29. The van der Waals surface area contributed by atoms with Gasteiger partial charge in [0.05, 0.1) is 6.61 Å². The van der Waals surface area contributed by atoms with E-state index in [4.69, 9.17) is 15.3 Å². The minimum absolute atomic E-state index is 0.328. The normalized spacial score (nSPS) is 14.3. The molecule has 1 aromatic carbocycles. The zero-order chi connectivity index (χ0) is 12.8. The van der Waals surface area contributed by atoms with E-state index in [1.165, 1.54) is 12.8 Å². The Morgan fingerprint density at radius 1 is 1.39 bits per heavy atom. The number of nitrogen functional groups attached to an aromatic ring is 1. The predicted octanol–water partition coefficient (Wildman–Crippen LogP) is 1.10. The summed E-state index contributed by atoms with van der Waals surface area (Å²) in [6.07, 6.45) is 2.58. The fourth-order valence-electron chi connectivity index (χ4n) is 1.56. The van der Waals surface area contributed by atoms with E-state index in [1.54, 1.807) is 24.3 Å². The maximum atomic E-state index is 11.3. The second kappa shape index (κ2) is 6.37. The van der Waals surface area contributed by atoms with E-state index in [1.807, 2.05) is 0 Å². The summed E-state index contributed by atoms with van der Waals surface area (Å²) in [4.78, 5) is 11.3. The molecule has 0 spiro atoms. The summed E-state index contributed by atoms with van der Waals surface area (Å²) in [6, 6.07) is 6.89. The highest BCUT2D eigenvalue weighted by atomic mass is 16.5. The van der Waals surface area contributed by atoms with Gasteiger partial charge in [-0.15, -0.1) is 0 Å². The molecule has 1 fully saturated rings. The van der Waals surface area contributed by atoms with Gasteiger partial charge in [0, 0.05) is 12.2 Å². The van der Waals surface area contributed by atoms with Crippen molar-refractivity contribution in [2.75, 3.05) is 19.8 Å². The van der Waals surface area contributed by atoms with Crippen LogP contribution in [0.2, 0.25) is 0 Å². The fraction of sp³-hybridized carbons (Fsp3) is 0.462. The van der Waals surface area contributed by atoms with Gasteiger partial charge in [-0.3, -0.25) is 10.2 Å². The first-order chi connectivity index (χ1) is 8.79.